The summed E-state index contributed by atoms with van der Waals surface area (Å²) in [5.41, 5.74) is 3.75. The van der Waals surface area contributed by atoms with Crippen LogP contribution in [0.25, 0.3) is 11.3 Å². The van der Waals surface area contributed by atoms with Gasteiger partial charge in [-0.15, -0.1) is 11.3 Å². The fourth-order valence-electron chi connectivity index (χ4n) is 3.20. The number of aromatic nitrogens is 2. The van der Waals surface area contributed by atoms with Crippen LogP contribution in [0.4, 0.5) is 5.13 Å². The number of rotatable bonds is 8. The van der Waals surface area contributed by atoms with Crippen LogP contribution in [0.1, 0.15) is 27.4 Å². The quantitative estimate of drug-likeness (QED) is 0.379. The molecule has 0 aliphatic rings. The molecule has 1 amide bonds. The van der Waals surface area contributed by atoms with Gasteiger partial charge in [0.2, 0.25) is 0 Å². The third-order valence-corrected chi connectivity index (χ3v) is 5.85. The summed E-state index contributed by atoms with van der Waals surface area (Å²) in [6.45, 7) is 4.07. The van der Waals surface area contributed by atoms with Gasteiger partial charge in [0.05, 0.1) is 31.2 Å². The molecule has 0 fully saturated rings. The Morgan fingerprint density at radius 1 is 1.06 bits per heavy atom. The third-order valence-electron chi connectivity index (χ3n) is 5.09. The summed E-state index contributed by atoms with van der Waals surface area (Å²) in [6, 6.07) is 12.4. The fourth-order valence-corrected chi connectivity index (χ4v) is 3.91. The molecule has 1 N–H and O–H groups in total. The number of anilines is 1. The number of benzene rings is 2. The second kappa shape index (κ2) is 9.74. The number of ether oxygens (including phenoxy) is 3. The highest BCUT2D eigenvalue weighted by Gasteiger charge is 2.14. The Balaban J connectivity index is 1.40. The maximum atomic E-state index is 12.7. The van der Waals surface area contributed by atoms with Crippen LogP contribution in [0.15, 0.2) is 52.4 Å². The Morgan fingerprint density at radius 2 is 1.82 bits per heavy atom. The molecule has 170 valence electrons. The molecule has 0 saturated carbocycles. The predicted molar refractivity (Wildman–Crippen MR) is 125 cm³/mol. The van der Waals surface area contributed by atoms with E-state index in [0.29, 0.717) is 40.2 Å². The molecule has 0 bridgehead atoms. The van der Waals surface area contributed by atoms with Crippen molar-refractivity contribution in [1.29, 1.82) is 0 Å². The van der Waals surface area contributed by atoms with Gasteiger partial charge in [-0.1, -0.05) is 5.16 Å². The first-order valence-corrected chi connectivity index (χ1v) is 11.0. The second-order valence-corrected chi connectivity index (χ2v) is 8.03. The summed E-state index contributed by atoms with van der Waals surface area (Å²) in [5, 5.41) is 9.12. The number of nitrogens with one attached hydrogen (secondary N) is 1. The summed E-state index contributed by atoms with van der Waals surface area (Å²) in [6.07, 6.45) is 0. The van der Waals surface area contributed by atoms with E-state index in [2.05, 4.69) is 15.5 Å². The molecule has 0 aliphatic heterocycles. The van der Waals surface area contributed by atoms with Crippen molar-refractivity contribution in [3.05, 3.63) is 70.4 Å². The van der Waals surface area contributed by atoms with Gasteiger partial charge in [-0.05, 0) is 50.2 Å². The van der Waals surface area contributed by atoms with Gasteiger partial charge in [0.1, 0.15) is 29.6 Å². The maximum Gasteiger partial charge on any atom is 0.257 e. The predicted octanol–water partition coefficient (Wildman–Crippen LogP) is 5.26. The molecule has 0 unspecified atom stereocenters. The van der Waals surface area contributed by atoms with Crippen molar-refractivity contribution in [2.24, 2.45) is 0 Å². The number of hydrogen-bond donors (Lipinski definition) is 1. The van der Waals surface area contributed by atoms with Crippen molar-refractivity contribution in [2.75, 3.05) is 19.5 Å². The first-order chi connectivity index (χ1) is 16.0. The van der Waals surface area contributed by atoms with Crippen LogP contribution < -0.4 is 19.5 Å². The van der Waals surface area contributed by atoms with Crippen LogP contribution in [0.3, 0.4) is 0 Å². The maximum absolute atomic E-state index is 12.7. The van der Waals surface area contributed by atoms with Crippen molar-refractivity contribution < 1.29 is 23.5 Å². The minimum absolute atomic E-state index is 0.255. The van der Waals surface area contributed by atoms with Crippen molar-refractivity contribution in [2.45, 2.75) is 20.5 Å². The minimum Gasteiger partial charge on any atom is -0.497 e. The van der Waals surface area contributed by atoms with Crippen LogP contribution >= 0.6 is 11.3 Å². The van der Waals surface area contributed by atoms with E-state index in [1.54, 1.807) is 44.6 Å². The normalized spacial score (nSPS) is 10.7. The molecule has 2 heterocycles. The monoisotopic (exact) mass is 465 g/mol. The van der Waals surface area contributed by atoms with E-state index in [-0.39, 0.29) is 5.91 Å². The van der Waals surface area contributed by atoms with Crippen LogP contribution in [0.2, 0.25) is 0 Å². The lowest BCUT2D eigenvalue weighted by Gasteiger charge is -2.08. The van der Waals surface area contributed by atoms with E-state index < -0.39 is 0 Å². The molecule has 9 heteroatoms. The van der Waals surface area contributed by atoms with E-state index in [1.807, 2.05) is 31.4 Å². The Hall–Kier alpha value is -3.85. The van der Waals surface area contributed by atoms with E-state index in [9.17, 15) is 4.79 Å². The SMILES string of the molecule is COc1ccc(-c2csc(NC(=O)c3ccc(OCc4c(C)noc4C)cc3)n2)c(OC)c1. The number of aryl methyl sites for hydroxylation is 2. The van der Waals surface area contributed by atoms with Gasteiger partial charge in [0, 0.05) is 22.6 Å². The van der Waals surface area contributed by atoms with E-state index in [1.165, 1.54) is 11.3 Å². The van der Waals surface area contributed by atoms with Crippen molar-refractivity contribution in [3.63, 3.8) is 0 Å². The summed E-state index contributed by atoms with van der Waals surface area (Å²) in [4.78, 5) is 17.2. The van der Waals surface area contributed by atoms with Gasteiger partial charge in [-0.25, -0.2) is 4.98 Å². The number of amides is 1. The van der Waals surface area contributed by atoms with Gasteiger partial charge in [0.25, 0.3) is 5.91 Å². The summed E-state index contributed by atoms with van der Waals surface area (Å²) in [7, 11) is 3.19. The third kappa shape index (κ3) is 4.98. The topological polar surface area (TPSA) is 95.7 Å². The van der Waals surface area contributed by atoms with Crippen molar-refractivity contribution >= 4 is 22.4 Å². The molecule has 2 aromatic carbocycles. The highest BCUT2D eigenvalue weighted by molar-refractivity contribution is 7.14. The molecule has 0 atom stereocenters. The van der Waals surface area contributed by atoms with Crippen LogP contribution in [0, 0.1) is 13.8 Å². The number of hydrogen-bond acceptors (Lipinski definition) is 8. The van der Waals surface area contributed by atoms with Gasteiger partial charge in [0.15, 0.2) is 5.13 Å². The molecule has 0 radical (unpaired) electrons. The van der Waals surface area contributed by atoms with Gasteiger partial charge in [-0.2, -0.15) is 0 Å². The molecule has 2 aromatic heterocycles. The fraction of sp³-hybridized carbons (Fsp3) is 0.208. The Kier molecular flexibility index (Phi) is 6.60. The minimum atomic E-state index is -0.255. The molecular formula is C24H23N3O5S. The summed E-state index contributed by atoms with van der Waals surface area (Å²) >= 11 is 1.34. The van der Waals surface area contributed by atoms with Gasteiger partial charge < -0.3 is 18.7 Å². The van der Waals surface area contributed by atoms with Crippen molar-refractivity contribution in [1.82, 2.24) is 10.1 Å². The lowest BCUT2D eigenvalue weighted by molar-refractivity contribution is 0.102. The van der Waals surface area contributed by atoms with E-state index in [0.717, 1.165) is 22.6 Å². The molecule has 0 saturated heterocycles. The molecular weight excluding hydrogens is 442 g/mol. The average molecular weight is 466 g/mol. The first kappa shape index (κ1) is 22.3. The zero-order chi connectivity index (χ0) is 23.4. The zero-order valence-electron chi connectivity index (χ0n) is 18.7. The molecule has 0 aliphatic carbocycles. The molecule has 33 heavy (non-hydrogen) atoms. The number of thiazole rings is 1. The molecule has 4 aromatic rings. The smallest absolute Gasteiger partial charge is 0.257 e. The van der Waals surface area contributed by atoms with E-state index >= 15 is 0 Å². The van der Waals surface area contributed by atoms with Crippen LogP contribution in [-0.2, 0) is 6.61 Å². The Bertz CT molecular complexity index is 1240. The Labute approximate surface area is 195 Å². The molecule has 8 nitrogen and oxygen atoms in total. The number of nitrogens with zero attached hydrogens (tertiary/aromatic N) is 2. The second-order valence-electron chi connectivity index (χ2n) is 7.17. The lowest BCUT2D eigenvalue weighted by Crippen LogP contribution is -2.11. The average Bonchev–Trinajstić information content (AvgIpc) is 3.43. The van der Waals surface area contributed by atoms with Crippen molar-refractivity contribution in [3.8, 4) is 28.5 Å². The largest absolute Gasteiger partial charge is 0.497 e. The molecule has 0 spiro atoms. The number of carbonyl (C=O) groups is 1. The highest BCUT2D eigenvalue weighted by Crippen LogP contribution is 2.35. The number of methoxy groups -OCH3 is 2. The standard InChI is InChI=1S/C24H23N3O5S/c1-14-20(15(2)32-27-14)12-31-17-7-5-16(6-8-17)23(28)26-24-25-21(13-33-24)19-10-9-18(29-3)11-22(19)30-4/h5-11,13H,12H2,1-4H3,(H,25,26,28). The highest BCUT2D eigenvalue weighted by atomic mass is 32.1. The zero-order valence-corrected chi connectivity index (χ0v) is 19.5. The van der Waals surface area contributed by atoms with Gasteiger partial charge in [-0.3, -0.25) is 10.1 Å². The Morgan fingerprint density at radius 3 is 2.48 bits per heavy atom. The van der Waals surface area contributed by atoms with E-state index in [4.69, 9.17) is 18.7 Å². The van der Waals surface area contributed by atoms with Crippen LogP contribution in [-0.4, -0.2) is 30.3 Å². The first-order valence-electron chi connectivity index (χ1n) is 10.1. The van der Waals surface area contributed by atoms with Crippen LogP contribution in [0.5, 0.6) is 17.2 Å². The number of carbonyl (C=O) groups excluding carboxylic acids is 1. The lowest BCUT2D eigenvalue weighted by atomic mass is 10.1. The summed E-state index contributed by atoms with van der Waals surface area (Å²) in [5.74, 6) is 2.46. The molecule has 4 rings (SSSR count). The van der Waals surface area contributed by atoms with Gasteiger partial charge >= 0.3 is 0 Å². The summed E-state index contributed by atoms with van der Waals surface area (Å²) < 4.78 is 21.6.